The third-order valence-corrected chi connectivity index (χ3v) is 10.7. The number of fused-ring (bicyclic) bond motifs is 11. The quantitative estimate of drug-likeness (QED) is 0.174. The van der Waals surface area contributed by atoms with Gasteiger partial charge in [0, 0.05) is 43.9 Å². The maximum atomic E-state index is 5.20. The highest BCUT2D eigenvalue weighted by Crippen LogP contribution is 2.44. The SMILES string of the molecule is c1ccc(-c2cc(-c3ccc4ccccc4c3)nc(-c3ccc(-n4c5c6ccccc6ccc5c5c6ccccc6c6ccccc6c54)cc3)n2)cc1. The van der Waals surface area contributed by atoms with Gasteiger partial charge in [0.1, 0.15) is 0 Å². The first-order valence-electron chi connectivity index (χ1n) is 18.1. The van der Waals surface area contributed by atoms with E-state index < -0.39 is 0 Å². The average Bonchev–Trinajstić information content (AvgIpc) is 3.60. The van der Waals surface area contributed by atoms with E-state index in [1.165, 1.54) is 64.9 Å². The number of hydrogen-bond donors (Lipinski definition) is 0. The first-order valence-corrected chi connectivity index (χ1v) is 18.1. The van der Waals surface area contributed by atoms with E-state index in [0.717, 1.165) is 33.8 Å². The molecule has 9 aromatic carbocycles. The van der Waals surface area contributed by atoms with E-state index in [-0.39, 0.29) is 0 Å². The van der Waals surface area contributed by atoms with Crippen molar-refractivity contribution < 1.29 is 0 Å². The largest absolute Gasteiger partial charge is 0.308 e. The summed E-state index contributed by atoms with van der Waals surface area (Å²) >= 11 is 0. The summed E-state index contributed by atoms with van der Waals surface area (Å²) in [5.41, 5.74) is 8.43. The van der Waals surface area contributed by atoms with Crippen molar-refractivity contribution >= 4 is 64.9 Å². The topological polar surface area (TPSA) is 30.7 Å². The van der Waals surface area contributed by atoms with E-state index in [2.05, 4.69) is 187 Å². The van der Waals surface area contributed by atoms with E-state index in [9.17, 15) is 0 Å². The lowest BCUT2D eigenvalue weighted by Crippen LogP contribution is -1.98. The number of benzene rings is 9. The summed E-state index contributed by atoms with van der Waals surface area (Å²) in [6.45, 7) is 0. The Morgan fingerprint density at radius 2 is 0.887 bits per heavy atom. The van der Waals surface area contributed by atoms with Gasteiger partial charge in [0.15, 0.2) is 5.82 Å². The fraction of sp³-hybridized carbons (Fsp3) is 0. The predicted molar refractivity (Wildman–Crippen MR) is 223 cm³/mol. The highest BCUT2D eigenvalue weighted by Gasteiger charge is 2.21. The van der Waals surface area contributed by atoms with E-state index >= 15 is 0 Å². The van der Waals surface area contributed by atoms with Gasteiger partial charge in [0.25, 0.3) is 0 Å². The van der Waals surface area contributed by atoms with Crippen LogP contribution in [0.4, 0.5) is 0 Å². The van der Waals surface area contributed by atoms with Crippen LogP contribution in [-0.4, -0.2) is 14.5 Å². The minimum Gasteiger partial charge on any atom is -0.308 e. The molecule has 2 aromatic heterocycles. The second kappa shape index (κ2) is 11.7. The zero-order chi connectivity index (χ0) is 34.9. The predicted octanol–water partition coefficient (Wildman–Crippen LogP) is 13.2. The van der Waals surface area contributed by atoms with Crippen LogP contribution < -0.4 is 0 Å². The molecule has 0 spiro atoms. The van der Waals surface area contributed by atoms with Crippen molar-refractivity contribution in [3.8, 4) is 39.6 Å². The van der Waals surface area contributed by atoms with Gasteiger partial charge in [-0.3, -0.25) is 0 Å². The normalized spacial score (nSPS) is 11.8. The van der Waals surface area contributed by atoms with E-state index in [4.69, 9.17) is 9.97 Å². The lowest BCUT2D eigenvalue weighted by molar-refractivity contribution is 1.17. The molecule has 0 atom stereocenters. The van der Waals surface area contributed by atoms with Crippen LogP contribution >= 0.6 is 0 Å². The molecule has 0 aliphatic carbocycles. The van der Waals surface area contributed by atoms with Gasteiger partial charge < -0.3 is 4.57 Å². The maximum Gasteiger partial charge on any atom is 0.160 e. The second-order valence-electron chi connectivity index (χ2n) is 13.8. The van der Waals surface area contributed by atoms with Crippen molar-refractivity contribution in [2.45, 2.75) is 0 Å². The molecule has 0 aliphatic rings. The van der Waals surface area contributed by atoms with Crippen molar-refractivity contribution in [2.24, 2.45) is 0 Å². The maximum absolute atomic E-state index is 5.20. The number of aromatic nitrogens is 3. The van der Waals surface area contributed by atoms with Gasteiger partial charge in [0.05, 0.1) is 22.4 Å². The van der Waals surface area contributed by atoms with Crippen LogP contribution in [0.1, 0.15) is 0 Å². The fourth-order valence-corrected chi connectivity index (χ4v) is 8.28. The highest BCUT2D eigenvalue weighted by atomic mass is 15.0. The third-order valence-electron chi connectivity index (χ3n) is 10.7. The Hall–Kier alpha value is -7.10. The molecule has 0 bridgehead atoms. The van der Waals surface area contributed by atoms with Crippen LogP contribution in [0, 0.1) is 0 Å². The summed E-state index contributed by atoms with van der Waals surface area (Å²) in [7, 11) is 0. The van der Waals surface area contributed by atoms with Crippen molar-refractivity contribution in [2.75, 3.05) is 0 Å². The van der Waals surface area contributed by atoms with Crippen LogP contribution in [0.25, 0.3) is 104 Å². The Bertz CT molecular complexity index is 3210. The summed E-state index contributed by atoms with van der Waals surface area (Å²) in [6, 6.07) is 67.3. The third kappa shape index (κ3) is 4.68. The summed E-state index contributed by atoms with van der Waals surface area (Å²) in [6.07, 6.45) is 0. The average molecular weight is 674 g/mol. The van der Waals surface area contributed by atoms with Crippen LogP contribution in [0.15, 0.2) is 188 Å². The molecule has 11 rings (SSSR count). The lowest BCUT2D eigenvalue weighted by Gasteiger charge is -2.14. The van der Waals surface area contributed by atoms with Crippen LogP contribution in [0.5, 0.6) is 0 Å². The molecule has 0 radical (unpaired) electrons. The van der Waals surface area contributed by atoms with Gasteiger partial charge in [-0.15, -0.1) is 0 Å². The Morgan fingerprint density at radius 1 is 0.321 bits per heavy atom. The van der Waals surface area contributed by atoms with E-state index in [1.54, 1.807) is 0 Å². The molecule has 0 saturated heterocycles. The Labute approximate surface area is 306 Å². The summed E-state index contributed by atoms with van der Waals surface area (Å²) in [5.74, 6) is 0.699. The second-order valence-corrected chi connectivity index (χ2v) is 13.8. The van der Waals surface area contributed by atoms with Crippen molar-refractivity contribution in [1.82, 2.24) is 14.5 Å². The molecular formula is C50H31N3. The van der Waals surface area contributed by atoms with Gasteiger partial charge in [-0.2, -0.15) is 0 Å². The minimum atomic E-state index is 0.699. The van der Waals surface area contributed by atoms with Crippen LogP contribution in [0.2, 0.25) is 0 Å². The molecule has 3 heteroatoms. The van der Waals surface area contributed by atoms with Crippen molar-refractivity contribution in [1.29, 1.82) is 0 Å². The lowest BCUT2D eigenvalue weighted by atomic mass is 9.96. The molecule has 53 heavy (non-hydrogen) atoms. The standard InChI is InChI=1S/C50H31N3/c1-2-14-34(15-3-1)45-31-46(37-23-22-32-12-4-5-16-36(32)30-37)52-50(51-45)35-24-27-38(28-25-35)53-48-39-17-7-6-13-33(39)26-29-44(48)47-42-20-10-8-18-40(42)41-19-9-11-21-43(41)49(47)53/h1-31H. The van der Waals surface area contributed by atoms with Gasteiger partial charge in [-0.1, -0.05) is 152 Å². The highest BCUT2D eigenvalue weighted by molar-refractivity contribution is 6.34. The van der Waals surface area contributed by atoms with Crippen molar-refractivity contribution in [3.63, 3.8) is 0 Å². The molecule has 0 N–H and O–H groups in total. The van der Waals surface area contributed by atoms with Gasteiger partial charge in [-0.25, -0.2) is 9.97 Å². The molecular weight excluding hydrogens is 643 g/mol. The van der Waals surface area contributed by atoms with Crippen LogP contribution in [-0.2, 0) is 0 Å². The minimum absolute atomic E-state index is 0.699. The van der Waals surface area contributed by atoms with Gasteiger partial charge >= 0.3 is 0 Å². The molecule has 0 fully saturated rings. The molecule has 246 valence electrons. The summed E-state index contributed by atoms with van der Waals surface area (Å²) in [5, 5.41) is 12.4. The monoisotopic (exact) mass is 673 g/mol. The van der Waals surface area contributed by atoms with Gasteiger partial charge in [0.2, 0.25) is 0 Å². The smallest absolute Gasteiger partial charge is 0.160 e. The number of rotatable bonds is 4. The first kappa shape index (κ1) is 29.6. The van der Waals surface area contributed by atoms with Crippen molar-refractivity contribution in [3.05, 3.63) is 188 Å². The van der Waals surface area contributed by atoms with Crippen LogP contribution in [0.3, 0.4) is 0 Å². The molecule has 0 amide bonds. The molecule has 3 nitrogen and oxygen atoms in total. The Balaban J connectivity index is 1.15. The number of hydrogen-bond acceptors (Lipinski definition) is 2. The number of nitrogens with zero attached hydrogens (tertiary/aromatic N) is 3. The van der Waals surface area contributed by atoms with Gasteiger partial charge in [-0.05, 0) is 68.7 Å². The summed E-state index contributed by atoms with van der Waals surface area (Å²) < 4.78 is 2.48. The molecule has 0 unspecified atom stereocenters. The molecule has 2 heterocycles. The Kier molecular flexibility index (Phi) is 6.55. The summed E-state index contributed by atoms with van der Waals surface area (Å²) in [4.78, 5) is 10.3. The zero-order valence-electron chi connectivity index (χ0n) is 28.7. The van der Waals surface area contributed by atoms with E-state index in [1.807, 2.05) is 6.07 Å². The molecule has 11 aromatic rings. The first-order chi connectivity index (χ1) is 26.3. The molecule has 0 aliphatic heterocycles. The van der Waals surface area contributed by atoms with E-state index in [0.29, 0.717) is 5.82 Å². The fourth-order valence-electron chi connectivity index (χ4n) is 8.28. The molecule has 0 saturated carbocycles. The Morgan fingerprint density at radius 3 is 1.66 bits per heavy atom. The zero-order valence-corrected chi connectivity index (χ0v) is 28.7.